The minimum absolute atomic E-state index is 0.0352. The van der Waals surface area contributed by atoms with Crippen LogP contribution in [0.15, 0.2) is 18.2 Å². The van der Waals surface area contributed by atoms with E-state index in [4.69, 9.17) is 14.2 Å². The highest BCUT2D eigenvalue weighted by molar-refractivity contribution is 7.91. The molecular weight excluding hydrogens is 398 g/mol. The third kappa shape index (κ3) is 6.09. The molecule has 1 aromatic rings. The summed E-state index contributed by atoms with van der Waals surface area (Å²) in [7, 11) is -0.0144. The van der Waals surface area contributed by atoms with Crippen molar-refractivity contribution < 1.29 is 32.2 Å². The van der Waals surface area contributed by atoms with Crippen LogP contribution in [0.2, 0.25) is 0 Å². The molecule has 0 spiro atoms. The van der Waals surface area contributed by atoms with Crippen LogP contribution in [-0.4, -0.2) is 69.6 Å². The number of aryl methyl sites for hydroxylation is 1. The summed E-state index contributed by atoms with van der Waals surface area (Å²) in [5.41, 5.74) is 0.880. The number of ether oxygens (including phenoxy) is 3. The molecule has 2 atom stereocenters. The zero-order valence-electron chi connectivity index (χ0n) is 17.3. The van der Waals surface area contributed by atoms with Gasteiger partial charge < -0.3 is 19.1 Å². The van der Waals surface area contributed by atoms with Gasteiger partial charge in [0, 0.05) is 19.0 Å². The second-order valence-corrected chi connectivity index (χ2v) is 9.23. The molecule has 0 bridgehead atoms. The van der Waals surface area contributed by atoms with Gasteiger partial charge in [-0.2, -0.15) is 0 Å². The Morgan fingerprint density at radius 1 is 1.21 bits per heavy atom. The van der Waals surface area contributed by atoms with E-state index in [1.54, 1.807) is 26.2 Å². The van der Waals surface area contributed by atoms with Gasteiger partial charge in [0.25, 0.3) is 5.91 Å². The van der Waals surface area contributed by atoms with E-state index < -0.39 is 21.9 Å². The van der Waals surface area contributed by atoms with Crippen molar-refractivity contribution >= 4 is 21.7 Å². The van der Waals surface area contributed by atoms with Gasteiger partial charge in [-0.3, -0.25) is 9.59 Å². The molecule has 2 rings (SSSR count). The third-order valence-corrected chi connectivity index (χ3v) is 6.75. The van der Waals surface area contributed by atoms with E-state index in [-0.39, 0.29) is 29.9 Å². The molecular formula is C20H29NO7S. The number of carbonyl (C=O) groups excluding carboxylic acids is 2. The average Bonchev–Trinajstić information content (AvgIpc) is 3.05. The Morgan fingerprint density at radius 3 is 2.45 bits per heavy atom. The minimum atomic E-state index is -3.10. The van der Waals surface area contributed by atoms with Crippen molar-refractivity contribution in [2.24, 2.45) is 0 Å². The molecule has 1 aliphatic heterocycles. The summed E-state index contributed by atoms with van der Waals surface area (Å²) in [6.45, 7) is 3.67. The number of methoxy groups -OCH3 is 2. The van der Waals surface area contributed by atoms with Crippen molar-refractivity contribution in [3.05, 3.63) is 23.8 Å². The van der Waals surface area contributed by atoms with Crippen molar-refractivity contribution in [2.45, 2.75) is 45.3 Å². The van der Waals surface area contributed by atoms with Crippen LogP contribution in [0.3, 0.4) is 0 Å². The van der Waals surface area contributed by atoms with Crippen LogP contribution in [0.5, 0.6) is 11.5 Å². The fourth-order valence-electron chi connectivity index (χ4n) is 3.44. The number of sulfone groups is 1. The lowest BCUT2D eigenvalue weighted by atomic mass is 10.1. The Hall–Kier alpha value is -2.29. The fourth-order valence-corrected chi connectivity index (χ4v) is 5.17. The first-order chi connectivity index (χ1) is 13.7. The summed E-state index contributed by atoms with van der Waals surface area (Å²) >= 11 is 0. The van der Waals surface area contributed by atoms with Crippen LogP contribution in [0.4, 0.5) is 0 Å². The summed E-state index contributed by atoms with van der Waals surface area (Å²) in [5.74, 6) is 0.372. The second kappa shape index (κ2) is 9.96. The molecule has 0 N–H and O–H groups in total. The van der Waals surface area contributed by atoms with Crippen LogP contribution in [0, 0.1) is 0 Å². The standard InChI is InChI=1S/C20H29NO7S/c1-5-21(16-10-11-29(24,25)13-16)20(23)14(2)28-19(22)9-7-15-6-8-17(26-3)18(12-15)27-4/h6,8,12,14,16H,5,7,9-11,13H2,1-4H3/t14-,16+/m0/s1. The van der Waals surface area contributed by atoms with Crippen molar-refractivity contribution in [1.82, 2.24) is 4.90 Å². The van der Waals surface area contributed by atoms with Crippen molar-refractivity contribution in [1.29, 1.82) is 0 Å². The van der Waals surface area contributed by atoms with Gasteiger partial charge in [0.1, 0.15) is 0 Å². The van der Waals surface area contributed by atoms with Crippen molar-refractivity contribution in [3.8, 4) is 11.5 Å². The molecule has 1 amide bonds. The molecule has 162 valence electrons. The third-order valence-electron chi connectivity index (χ3n) is 4.99. The number of nitrogens with zero attached hydrogens (tertiary/aromatic N) is 1. The first-order valence-electron chi connectivity index (χ1n) is 9.62. The van der Waals surface area contributed by atoms with Crippen LogP contribution < -0.4 is 9.47 Å². The minimum Gasteiger partial charge on any atom is -0.493 e. The average molecular weight is 428 g/mol. The zero-order valence-corrected chi connectivity index (χ0v) is 18.2. The molecule has 1 heterocycles. The van der Waals surface area contributed by atoms with Crippen LogP contribution >= 0.6 is 0 Å². The summed E-state index contributed by atoms with van der Waals surface area (Å²) in [4.78, 5) is 26.4. The molecule has 0 aromatic heterocycles. The van der Waals surface area contributed by atoms with E-state index in [1.165, 1.54) is 18.9 Å². The first kappa shape index (κ1) is 23.0. The maximum atomic E-state index is 12.7. The SMILES string of the molecule is CCN(C(=O)[C@H](C)OC(=O)CCc1ccc(OC)c(OC)c1)[C@@H]1CCS(=O)(=O)C1. The van der Waals surface area contributed by atoms with E-state index in [1.807, 2.05) is 6.07 Å². The Bertz CT molecular complexity index is 837. The number of benzene rings is 1. The number of hydrogen-bond acceptors (Lipinski definition) is 7. The van der Waals surface area contributed by atoms with Gasteiger partial charge in [-0.05, 0) is 44.4 Å². The van der Waals surface area contributed by atoms with E-state index in [9.17, 15) is 18.0 Å². The largest absolute Gasteiger partial charge is 0.493 e. The Labute approximate surface area is 172 Å². The molecule has 0 radical (unpaired) electrons. The lowest BCUT2D eigenvalue weighted by Crippen LogP contribution is -2.46. The summed E-state index contributed by atoms with van der Waals surface area (Å²) in [6.07, 6.45) is -0.00616. The van der Waals surface area contributed by atoms with Gasteiger partial charge >= 0.3 is 5.97 Å². The molecule has 0 aliphatic carbocycles. The first-order valence-corrected chi connectivity index (χ1v) is 11.4. The van der Waals surface area contributed by atoms with E-state index >= 15 is 0 Å². The highest BCUT2D eigenvalue weighted by atomic mass is 32.2. The Kier molecular flexibility index (Phi) is 7.89. The van der Waals surface area contributed by atoms with Gasteiger partial charge in [-0.25, -0.2) is 8.42 Å². The summed E-state index contributed by atoms with van der Waals surface area (Å²) in [5, 5.41) is 0. The molecule has 29 heavy (non-hydrogen) atoms. The van der Waals surface area contributed by atoms with Crippen molar-refractivity contribution in [2.75, 3.05) is 32.3 Å². The van der Waals surface area contributed by atoms with Crippen LogP contribution in [0.1, 0.15) is 32.3 Å². The smallest absolute Gasteiger partial charge is 0.306 e. The monoisotopic (exact) mass is 427 g/mol. The van der Waals surface area contributed by atoms with Gasteiger partial charge in [0.05, 0.1) is 25.7 Å². The highest BCUT2D eigenvalue weighted by Gasteiger charge is 2.36. The number of hydrogen-bond donors (Lipinski definition) is 0. The predicted octanol–water partition coefficient (Wildman–Crippen LogP) is 1.60. The van der Waals surface area contributed by atoms with Crippen LogP contribution in [-0.2, 0) is 30.6 Å². The molecule has 1 aliphatic rings. The number of amides is 1. The molecule has 8 nitrogen and oxygen atoms in total. The predicted molar refractivity (Wildman–Crippen MR) is 108 cm³/mol. The number of rotatable bonds is 9. The topological polar surface area (TPSA) is 99.2 Å². The summed E-state index contributed by atoms with van der Waals surface area (Å²) in [6, 6.07) is 5.04. The number of likely N-dealkylation sites (N-methyl/N-ethyl adjacent to an activating group) is 1. The second-order valence-electron chi connectivity index (χ2n) is 7.00. The zero-order chi connectivity index (χ0) is 21.6. The van der Waals surface area contributed by atoms with Crippen LogP contribution in [0.25, 0.3) is 0 Å². The van der Waals surface area contributed by atoms with Crippen molar-refractivity contribution in [3.63, 3.8) is 0 Å². The number of esters is 1. The lowest BCUT2D eigenvalue weighted by Gasteiger charge is -2.29. The van der Waals surface area contributed by atoms with Gasteiger partial charge in [-0.1, -0.05) is 6.07 Å². The fraction of sp³-hybridized carbons (Fsp3) is 0.600. The molecule has 0 saturated carbocycles. The highest BCUT2D eigenvalue weighted by Crippen LogP contribution is 2.28. The molecule has 1 aromatic carbocycles. The maximum Gasteiger partial charge on any atom is 0.306 e. The van der Waals surface area contributed by atoms with E-state index in [2.05, 4.69) is 0 Å². The molecule has 0 unspecified atom stereocenters. The Morgan fingerprint density at radius 2 is 1.90 bits per heavy atom. The Balaban J connectivity index is 1.90. The molecule has 1 saturated heterocycles. The molecule has 1 fully saturated rings. The van der Waals surface area contributed by atoms with E-state index in [0.717, 1.165) is 5.56 Å². The maximum absolute atomic E-state index is 12.7. The normalized spacial score (nSPS) is 18.7. The van der Waals surface area contributed by atoms with Gasteiger partial charge in [0.15, 0.2) is 27.4 Å². The van der Waals surface area contributed by atoms with E-state index in [0.29, 0.717) is 30.9 Å². The quantitative estimate of drug-likeness (QED) is 0.552. The van der Waals surface area contributed by atoms with Gasteiger partial charge in [-0.15, -0.1) is 0 Å². The van der Waals surface area contributed by atoms with Gasteiger partial charge in [0.2, 0.25) is 0 Å². The lowest BCUT2D eigenvalue weighted by molar-refractivity contribution is -0.159. The summed E-state index contributed by atoms with van der Waals surface area (Å²) < 4.78 is 39.1. The number of carbonyl (C=O) groups is 2. The molecule has 9 heteroatoms.